The molecule has 0 saturated carbocycles. The van der Waals surface area contributed by atoms with Gasteiger partial charge >= 0.3 is 0 Å². The number of amides is 4. The summed E-state index contributed by atoms with van der Waals surface area (Å²) in [6, 6.07) is 4.71. The van der Waals surface area contributed by atoms with Gasteiger partial charge < -0.3 is 40.6 Å². The van der Waals surface area contributed by atoms with E-state index in [-0.39, 0.29) is 36.3 Å². The molecular weight excluding hydrogens is 925 g/mol. The SMILES string of the molecule is CCCCCCCCCCCCCCCC(=O)NCCCC[C@H](NC(=O)CCCCCCCCCCCCCCC)C(=O)N[C@@H](Cc1ccc(O)cc1)C(=O)NCCCOCCOCCOCCCC(=O)C=O. The molecule has 0 saturated heterocycles. The highest BCUT2D eigenvalue weighted by molar-refractivity contribution is 6.24. The molecule has 420 valence electrons. The molecule has 5 N–H and O–H groups in total. The number of Topliss-reactive ketones (excluding diaryl/α,β-unsaturated/α-hetero) is 1. The Morgan fingerprint density at radius 3 is 1.38 bits per heavy atom. The Morgan fingerprint density at radius 2 is 0.890 bits per heavy atom. The highest BCUT2D eigenvalue weighted by Gasteiger charge is 2.27. The lowest BCUT2D eigenvalue weighted by atomic mass is 10.0. The molecule has 0 aliphatic heterocycles. The van der Waals surface area contributed by atoms with Gasteiger partial charge in [0.05, 0.1) is 26.4 Å². The Kier molecular flexibility index (Phi) is 46.2. The van der Waals surface area contributed by atoms with Gasteiger partial charge in [-0.3, -0.25) is 28.8 Å². The van der Waals surface area contributed by atoms with Gasteiger partial charge in [-0.05, 0) is 62.6 Å². The van der Waals surface area contributed by atoms with Crippen molar-refractivity contribution in [2.45, 2.75) is 251 Å². The number of aldehydes is 1. The number of ketones is 1. The van der Waals surface area contributed by atoms with Crippen molar-refractivity contribution in [3.8, 4) is 5.75 Å². The van der Waals surface area contributed by atoms with E-state index in [1.165, 1.54) is 135 Å². The molecule has 1 rings (SSSR count). The van der Waals surface area contributed by atoms with Crippen LogP contribution in [0.4, 0.5) is 0 Å². The second-order valence-electron chi connectivity index (χ2n) is 20.1. The Hall–Kier alpha value is -3.88. The first kappa shape index (κ1) is 67.1. The van der Waals surface area contributed by atoms with Gasteiger partial charge in [-0.15, -0.1) is 0 Å². The van der Waals surface area contributed by atoms with Gasteiger partial charge in [-0.2, -0.15) is 0 Å². The van der Waals surface area contributed by atoms with Crippen LogP contribution in [0.5, 0.6) is 5.75 Å². The first-order valence-electron chi connectivity index (χ1n) is 29.3. The van der Waals surface area contributed by atoms with E-state index in [2.05, 4.69) is 35.1 Å². The number of carbonyl (C=O) groups excluding carboxylic acids is 6. The third-order valence-electron chi connectivity index (χ3n) is 13.3. The lowest BCUT2D eigenvalue weighted by Gasteiger charge is -2.23. The molecule has 0 radical (unpaired) electrons. The van der Waals surface area contributed by atoms with Crippen molar-refractivity contribution in [1.29, 1.82) is 0 Å². The summed E-state index contributed by atoms with van der Waals surface area (Å²) in [5.74, 6) is -1.29. The summed E-state index contributed by atoms with van der Waals surface area (Å²) in [4.78, 5) is 75.1. The van der Waals surface area contributed by atoms with Gasteiger partial charge in [-0.25, -0.2) is 0 Å². The van der Waals surface area contributed by atoms with Crippen LogP contribution in [0, 0.1) is 0 Å². The first-order chi connectivity index (χ1) is 35.7. The van der Waals surface area contributed by atoms with Crippen molar-refractivity contribution in [3.63, 3.8) is 0 Å². The molecule has 0 spiro atoms. The van der Waals surface area contributed by atoms with Crippen LogP contribution >= 0.6 is 0 Å². The molecule has 0 aliphatic carbocycles. The van der Waals surface area contributed by atoms with Crippen molar-refractivity contribution in [2.24, 2.45) is 0 Å². The minimum Gasteiger partial charge on any atom is -0.508 e. The third-order valence-corrected chi connectivity index (χ3v) is 13.3. The third kappa shape index (κ3) is 43.1. The summed E-state index contributed by atoms with van der Waals surface area (Å²) in [6.07, 6.45) is 36.2. The van der Waals surface area contributed by atoms with E-state index in [1.807, 2.05) is 0 Å². The zero-order chi connectivity index (χ0) is 53.1. The van der Waals surface area contributed by atoms with Gasteiger partial charge in [-0.1, -0.05) is 180 Å². The Balaban J connectivity index is 2.65. The molecule has 0 bridgehead atoms. The number of aromatic hydroxyl groups is 1. The molecule has 0 fully saturated rings. The van der Waals surface area contributed by atoms with Gasteiger partial charge in [0.15, 0.2) is 12.1 Å². The van der Waals surface area contributed by atoms with E-state index in [1.54, 1.807) is 24.3 Å². The van der Waals surface area contributed by atoms with Gasteiger partial charge in [0, 0.05) is 52.0 Å². The second kappa shape index (κ2) is 50.3. The molecule has 1 aromatic carbocycles. The smallest absolute Gasteiger partial charge is 0.243 e. The Morgan fingerprint density at radius 1 is 0.452 bits per heavy atom. The number of unbranched alkanes of at least 4 members (excludes halogenated alkanes) is 25. The fourth-order valence-electron chi connectivity index (χ4n) is 8.74. The standard InChI is InChI=1S/C59H104N4O10/c1-3-5-7-9-11-13-15-17-19-21-23-25-27-35-56(67)60-41-30-29-34-54(62-57(68)36-28-26-24-22-20-18-16-14-12-10-8-6-4-2)59(70)63-55(49-51-37-39-52(65)40-38-51)58(69)61-42-32-44-72-46-48-73-47-45-71-43-31-33-53(66)50-64/h37-40,50,54-55,65H,3-36,41-49H2,1-2H3,(H,60,67)(H,61,69)(H,62,68)(H,63,70)/t54-,55-/m0/s1. The average Bonchev–Trinajstić information content (AvgIpc) is 3.38. The average molecular weight is 1030 g/mol. The number of hydrogen-bond acceptors (Lipinski definition) is 10. The molecule has 2 atom stereocenters. The van der Waals surface area contributed by atoms with Crippen LogP contribution in [-0.4, -0.2) is 106 Å². The molecule has 1 aromatic rings. The number of hydrogen-bond donors (Lipinski definition) is 5. The lowest BCUT2D eigenvalue weighted by Crippen LogP contribution is -2.54. The van der Waals surface area contributed by atoms with Crippen molar-refractivity contribution < 1.29 is 48.1 Å². The van der Waals surface area contributed by atoms with Gasteiger partial charge in [0.25, 0.3) is 0 Å². The Bertz CT molecular complexity index is 1510. The van der Waals surface area contributed by atoms with E-state index in [9.17, 15) is 33.9 Å². The number of rotatable bonds is 54. The molecule has 0 unspecified atom stereocenters. The zero-order valence-corrected chi connectivity index (χ0v) is 46.1. The topological polar surface area (TPSA) is 198 Å². The van der Waals surface area contributed by atoms with Crippen LogP contribution in [0.1, 0.15) is 238 Å². The van der Waals surface area contributed by atoms with Crippen LogP contribution < -0.4 is 21.3 Å². The molecule has 73 heavy (non-hydrogen) atoms. The van der Waals surface area contributed by atoms with Crippen molar-refractivity contribution >= 4 is 35.7 Å². The molecule has 0 aromatic heterocycles. The van der Waals surface area contributed by atoms with E-state index >= 15 is 0 Å². The van der Waals surface area contributed by atoms with E-state index in [0.29, 0.717) is 104 Å². The molecule has 14 heteroatoms. The van der Waals surface area contributed by atoms with Crippen molar-refractivity contribution in [1.82, 2.24) is 21.3 Å². The molecule has 14 nitrogen and oxygen atoms in total. The van der Waals surface area contributed by atoms with E-state index in [0.717, 1.165) is 37.7 Å². The monoisotopic (exact) mass is 1030 g/mol. The summed E-state index contributed by atoms with van der Waals surface area (Å²) in [7, 11) is 0. The lowest BCUT2D eigenvalue weighted by molar-refractivity contribution is -0.132. The summed E-state index contributed by atoms with van der Waals surface area (Å²) in [5, 5.41) is 21.8. The number of phenols is 1. The molecule has 0 aliphatic rings. The van der Waals surface area contributed by atoms with Crippen LogP contribution in [0.3, 0.4) is 0 Å². The number of ether oxygens (including phenoxy) is 3. The largest absolute Gasteiger partial charge is 0.508 e. The fraction of sp³-hybridized carbons (Fsp3) is 0.797. The number of nitrogens with one attached hydrogen (secondary N) is 4. The highest BCUT2D eigenvalue weighted by Crippen LogP contribution is 2.16. The summed E-state index contributed by atoms with van der Waals surface area (Å²) in [5.41, 5.74) is 0.748. The summed E-state index contributed by atoms with van der Waals surface area (Å²) >= 11 is 0. The minimum atomic E-state index is -0.941. The van der Waals surface area contributed by atoms with E-state index in [4.69, 9.17) is 14.2 Å². The summed E-state index contributed by atoms with van der Waals surface area (Å²) in [6.45, 7) is 7.54. The second-order valence-corrected chi connectivity index (χ2v) is 20.1. The van der Waals surface area contributed by atoms with Crippen LogP contribution in [0.15, 0.2) is 24.3 Å². The van der Waals surface area contributed by atoms with Crippen LogP contribution in [-0.2, 0) is 49.4 Å². The van der Waals surface area contributed by atoms with Gasteiger partial charge in [0.1, 0.15) is 17.8 Å². The van der Waals surface area contributed by atoms with Crippen LogP contribution in [0.25, 0.3) is 0 Å². The number of phenolic OH excluding ortho intramolecular Hbond substituents is 1. The molecular formula is C59H104N4O10. The van der Waals surface area contributed by atoms with Crippen LogP contribution in [0.2, 0.25) is 0 Å². The fourth-order valence-corrected chi connectivity index (χ4v) is 8.74. The quantitative estimate of drug-likeness (QED) is 0.0238. The number of benzene rings is 1. The first-order valence-corrected chi connectivity index (χ1v) is 29.3. The maximum atomic E-state index is 14.0. The maximum absolute atomic E-state index is 14.0. The minimum absolute atomic E-state index is 0.0472. The highest BCUT2D eigenvalue weighted by atomic mass is 16.5. The normalized spacial score (nSPS) is 12.0. The summed E-state index contributed by atoms with van der Waals surface area (Å²) < 4.78 is 16.6. The predicted octanol–water partition coefficient (Wildman–Crippen LogP) is 11.3. The predicted molar refractivity (Wildman–Crippen MR) is 294 cm³/mol. The van der Waals surface area contributed by atoms with Crippen molar-refractivity contribution in [3.05, 3.63) is 29.8 Å². The Labute approximate surface area is 442 Å². The number of carbonyl (C=O) groups is 6. The molecule has 4 amide bonds. The maximum Gasteiger partial charge on any atom is 0.243 e. The van der Waals surface area contributed by atoms with Crippen molar-refractivity contribution in [2.75, 3.05) is 52.7 Å². The zero-order valence-electron chi connectivity index (χ0n) is 46.1. The molecule has 0 heterocycles. The van der Waals surface area contributed by atoms with E-state index < -0.39 is 23.8 Å². The van der Waals surface area contributed by atoms with Gasteiger partial charge in [0.2, 0.25) is 23.6 Å².